The van der Waals surface area contributed by atoms with Gasteiger partial charge in [0.15, 0.2) is 0 Å². The van der Waals surface area contributed by atoms with E-state index in [2.05, 4.69) is 60.8 Å². The summed E-state index contributed by atoms with van der Waals surface area (Å²) < 4.78 is 6.65. The molecule has 1 amide bonds. The number of ether oxygens (including phenoxy) is 1. The molecule has 0 aromatic heterocycles. The van der Waals surface area contributed by atoms with Crippen molar-refractivity contribution in [1.29, 1.82) is 0 Å². The zero-order valence-electron chi connectivity index (χ0n) is 14.7. The minimum atomic E-state index is -0.0638. The number of hydrogen-bond donors (Lipinski definition) is 1. The van der Waals surface area contributed by atoms with Crippen LogP contribution in [0.4, 0.5) is 0 Å². The van der Waals surface area contributed by atoms with E-state index in [1.54, 1.807) is 0 Å². The van der Waals surface area contributed by atoms with E-state index < -0.39 is 0 Å². The maximum absolute atomic E-state index is 12.2. The van der Waals surface area contributed by atoms with Gasteiger partial charge in [-0.1, -0.05) is 44.5 Å². The largest absolute Gasteiger partial charge is 0.492 e. The summed E-state index contributed by atoms with van der Waals surface area (Å²) in [4.78, 5) is 12.2. The van der Waals surface area contributed by atoms with Crippen LogP contribution in [0.5, 0.6) is 5.75 Å². The molecule has 0 saturated heterocycles. The zero-order chi connectivity index (χ0) is 17.7. The van der Waals surface area contributed by atoms with E-state index in [9.17, 15) is 4.79 Å². The fourth-order valence-corrected chi connectivity index (χ4v) is 3.20. The van der Waals surface area contributed by atoms with Crippen molar-refractivity contribution < 1.29 is 9.53 Å². The number of benzene rings is 2. The van der Waals surface area contributed by atoms with E-state index in [4.69, 9.17) is 4.74 Å². The van der Waals surface area contributed by atoms with Crippen molar-refractivity contribution in [2.75, 3.05) is 13.2 Å². The molecular weight excluding hydrogens is 413 g/mol. The van der Waals surface area contributed by atoms with Crippen molar-refractivity contribution in [2.24, 2.45) is 0 Å². The molecule has 0 radical (unpaired) electrons. The van der Waals surface area contributed by atoms with Gasteiger partial charge >= 0.3 is 0 Å². The molecule has 24 heavy (non-hydrogen) atoms. The molecule has 4 heteroatoms. The average Bonchev–Trinajstić information content (AvgIpc) is 2.51. The monoisotopic (exact) mass is 437 g/mol. The highest BCUT2D eigenvalue weighted by Gasteiger charge is 2.13. The summed E-state index contributed by atoms with van der Waals surface area (Å²) in [6, 6.07) is 13.9. The molecule has 2 aromatic carbocycles. The highest BCUT2D eigenvalue weighted by Crippen LogP contribution is 2.24. The van der Waals surface area contributed by atoms with Gasteiger partial charge in [-0.25, -0.2) is 0 Å². The Labute approximate surface area is 157 Å². The van der Waals surface area contributed by atoms with Crippen LogP contribution >= 0.6 is 22.6 Å². The number of halogens is 1. The van der Waals surface area contributed by atoms with Crippen molar-refractivity contribution >= 4 is 28.5 Å². The quantitative estimate of drug-likeness (QED) is 0.544. The Bertz CT molecular complexity index is 703. The summed E-state index contributed by atoms with van der Waals surface area (Å²) in [6.45, 7) is 9.50. The zero-order valence-corrected chi connectivity index (χ0v) is 16.8. The lowest BCUT2D eigenvalue weighted by Gasteiger charge is -2.19. The van der Waals surface area contributed by atoms with E-state index in [0.717, 1.165) is 14.9 Å². The van der Waals surface area contributed by atoms with E-state index in [0.29, 0.717) is 18.7 Å². The Morgan fingerprint density at radius 3 is 2.38 bits per heavy atom. The molecule has 0 heterocycles. The molecule has 0 aliphatic carbocycles. The fraction of sp³-hybridized carbons (Fsp3) is 0.350. The molecule has 0 aliphatic rings. The first-order chi connectivity index (χ1) is 11.3. The van der Waals surface area contributed by atoms with Crippen LogP contribution in [0.3, 0.4) is 0 Å². The minimum absolute atomic E-state index is 0.0638. The average molecular weight is 437 g/mol. The van der Waals surface area contributed by atoms with Crippen LogP contribution < -0.4 is 10.1 Å². The molecule has 0 fully saturated rings. The Morgan fingerprint density at radius 1 is 1.12 bits per heavy atom. The third-order valence-electron chi connectivity index (χ3n) is 3.75. The molecule has 128 valence electrons. The van der Waals surface area contributed by atoms with Crippen LogP contribution in [0.25, 0.3) is 0 Å². The van der Waals surface area contributed by atoms with Crippen molar-refractivity contribution in [3.63, 3.8) is 0 Å². The van der Waals surface area contributed by atoms with Gasteiger partial charge in [-0.15, -0.1) is 0 Å². The van der Waals surface area contributed by atoms with Crippen molar-refractivity contribution in [3.8, 4) is 5.75 Å². The van der Waals surface area contributed by atoms with Crippen LogP contribution in [-0.2, 0) is 5.41 Å². The second-order valence-electron chi connectivity index (χ2n) is 6.86. The van der Waals surface area contributed by atoms with Gasteiger partial charge in [0.1, 0.15) is 12.4 Å². The topological polar surface area (TPSA) is 38.3 Å². The lowest BCUT2D eigenvalue weighted by Crippen LogP contribution is -2.28. The summed E-state index contributed by atoms with van der Waals surface area (Å²) in [5.41, 5.74) is 3.27. The molecule has 2 aromatic rings. The number of amides is 1. The molecule has 0 atom stereocenters. The van der Waals surface area contributed by atoms with Gasteiger partial charge in [0.2, 0.25) is 0 Å². The summed E-state index contributed by atoms with van der Waals surface area (Å²) in [7, 11) is 0. The smallest absolute Gasteiger partial charge is 0.252 e. The normalized spacial score (nSPS) is 11.2. The predicted molar refractivity (Wildman–Crippen MR) is 107 cm³/mol. The summed E-state index contributed by atoms with van der Waals surface area (Å²) in [5, 5.41) is 2.90. The number of carbonyl (C=O) groups is 1. The van der Waals surface area contributed by atoms with Crippen molar-refractivity contribution in [3.05, 3.63) is 62.7 Å². The lowest BCUT2D eigenvalue weighted by atomic mass is 9.87. The third kappa shape index (κ3) is 5.23. The van der Waals surface area contributed by atoms with E-state index in [1.165, 1.54) is 5.56 Å². The maximum Gasteiger partial charge on any atom is 0.252 e. The molecule has 2 rings (SSSR count). The summed E-state index contributed by atoms with van der Waals surface area (Å²) in [6.07, 6.45) is 0. The highest BCUT2D eigenvalue weighted by atomic mass is 127. The predicted octanol–water partition coefficient (Wildman–Crippen LogP) is 4.71. The van der Waals surface area contributed by atoms with Gasteiger partial charge in [0.05, 0.1) is 12.1 Å². The molecule has 3 nitrogen and oxygen atoms in total. The summed E-state index contributed by atoms with van der Waals surface area (Å²) in [5.74, 6) is 0.758. The Morgan fingerprint density at radius 2 is 1.79 bits per heavy atom. The first-order valence-electron chi connectivity index (χ1n) is 8.05. The number of hydrogen-bond acceptors (Lipinski definition) is 2. The first kappa shape index (κ1) is 18.8. The molecule has 0 bridgehead atoms. The van der Waals surface area contributed by atoms with Gasteiger partial charge in [-0.2, -0.15) is 0 Å². The standard InChI is InChI=1S/C20H24INO2/c1-14-5-10-17(18(21)13-14)19(23)22-11-12-24-16-8-6-15(7-9-16)20(2,3)4/h5-10,13H,11-12H2,1-4H3,(H,22,23). The minimum Gasteiger partial charge on any atom is -0.492 e. The van der Waals surface area contributed by atoms with Gasteiger partial charge in [-0.3, -0.25) is 4.79 Å². The second kappa shape index (κ2) is 8.01. The Balaban J connectivity index is 1.81. The Kier molecular flexibility index (Phi) is 6.27. The molecule has 0 spiro atoms. The van der Waals surface area contributed by atoms with Crippen molar-refractivity contribution in [2.45, 2.75) is 33.1 Å². The van der Waals surface area contributed by atoms with Gasteiger partial charge in [0.25, 0.3) is 5.91 Å². The molecule has 0 unspecified atom stereocenters. The number of nitrogens with one attached hydrogen (secondary N) is 1. The number of carbonyl (C=O) groups excluding carboxylic acids is 1. The maximum atomic E-state index is 12.2. The van der Waals surface area contributed by atoms with Crippen LogP contribution in [0.2, 0.25) is 0 Å². The van der Waals surface area contributed by atoms with Crippen LogP contribution in [-0.4, -0.2) is 19.1 Å². The summed E-state index contributed by atoms with van der Waals surface area (Å²) >= 11 is 2.19. The number of rotatable bonds is 5. The third-order valence-corrected chi connectivity index (χ3v) is 4.64. The lowest BCUT2D eigenvalue weighted by molar-refractivity contribution is 0.0946. The SMILES string of the molecule is Cc1ccc(C(=O)NCCOc2ccc(C(C)(C)C)cc2)c(I)c1. The van der Waals surface area contributed by atoms with Gasteiger partial charge < -0.3 is 10.1 Å². The Hall–Kier alpha value is -1.56. The molecule has 0 saturated carbocycles. The van der Waals surface area contributed by atoms with Crippen LogP contribution in [0.1, 0.15) is 42.3 Å². The second-order valence-corrected chi connectivity index (χ2v) is 8.02. The van der Waals surface area contributed by atoms with Gasteiger partial charge in [0, 0.05) is 3.57 Å². The fourth-order valence-electron chi connectivity index (χ4n) is 2.28. The van der Waals surface area contributed by atoms with Crippen LogP contribution in [0.15, 0.2) is 42.5 Å². The van der Waals surface area contributed by atoms with E-state index in [-0.39, 0.29) is 11.3 Å². The van der Waals surface area contributed by atoms with Crippen molar-refractivity contribution in [1.82, 2.24) is 5.32 Å². The highest BCUT2D eigenvalue weighted by molar-refractivity contribution is 14.1. The molecular formula is C20H24INO2. The molecule has 1 N–H and O–H groups in total. The molecule has 0 aliphatic heterocycles. The number of aryl methyl sites for hydroxylation is 1. The van der Waals surface area contributed by atoms with E-state index in [1.807, 2.05) is 37.3 Å². The van der Waals surface area contributed by atoms with E-state index >= 15 is 0 Å². The first-order valence-corrected chi connectivity index (χ1v) is 9.13. The van der Waals surface area contributed by atoms with Gasteiger partial charge in [-0.05, 0) is 64.8 Å². The van der Waals surface area contributed by atoms with Crippen LogP contribution in [0, 0.1) is 10.5 Å².